The van der Waals surface area contributed by atoms with Crippen LogP contribution >= 0.6 is 0 Å². The van der Waals surface area contributed by atoms with Gasteiger partial charge < -0.3 is 19.5 Å². The van der Waals surface area contributed by atoms with Gasteiger partial charge in [-0.25, -0.2) is 0 Å². The summed E-state index contributed by atoms with van der Waals surface area (Å²) in [5, 5.41) is 9.60. The van der Waals surface area contributed by atoms with E-state index in [-0.39, 0.29) is 25.0 Å². The Morgan fingerprint density at radius 2 is 1.93 bits per heavy atom. The second-order valence-corrected chi connectivity index (χ2v) is 7.03. The van der Waals surface area contributed by atoms with Crippen molar-refractivity contribution in [1.82, 2.24) is 4.90 Å². The molecule has 1 aliphatic heterocycles. The number of amides is 1. The molecule has 1 heterocycles. The van der Waals surface area contributed by atoms with E-state index in [1.807, 2.05) is 42.5 Å². The Labute approximate surface area is 170 Å². The second kappa shape index (κ2) is 9.28. The Kier molecular flexibility index (Phi) is 6.54. The molecule has 2 aromatic rings. The van der Waals surface area contributed by atoms with Gasteiger partial charge in [-0.05, 0) is 29.7 Å². The molecule has 1 fully saturated rings. The molecule has 1 aliphatic rings. The highest BCUT2D eigenvalue weighted by atomic mass is 16.5. The van der Waals surface area contributed by atoms with Crippen molar-refractivity contribution in [3.63, 3.8) is 0 Å². The number of carboxylic acid groups (broad SMARTS) is 1. The maximum Gasteiger partial charge on any atom is 0.308 e. The standard InChI is InChI=1S/C23H25NO5/c1-3-7-16-10-11-20(21(12-16)28-2)29-15-22(25)24-13-18(19(14-24)23(26)27)17-8-5-4-6-9-17/h3-6,8-12,18-19H,1,7,13-15H2,2H3,(H,26,27). The smallest absolute Gasteiger partial charge is 0.308 e. The van der Waals surface area contributed by atoms with Crippen molar-refractivity contribution >= 4 is 11.9 Å². The molecule has 0 saturated carbocycles. The first-order valence-corrected chi connectivity index (χ1v) is 9.49. The summed E-state index contributed by atoms with van der Waals surface area (Å²) in [4.78, 5) is 26.0. The average Bonchev–Trinajstić information content (AvgIpc) is 3.19. The van der Waals surface area contributed by atoms with Gasteiger partial charge in [0.15, 0.2) is 18.1 Å². The van der Waals surface area contributed by atoms with Crippen molar-refractivity contribution in [2.75, 3.05) is 26.8 Å². The lowest BCUT2D eigenvalue weighted by Gasteiger charge is -2.18. The zero-order chi connectivity index (χ0) is 20.8. The summed E-state index contributed by atoms with van der Waals surface area (Å²) in [5.41, 5.74) is 1.96. The first-order chi connectivity index (χ1) is 14.0. The fourth-order valence-electron chi connectivity index (χ4n) is 3.65. The summed E-state index contributed by atoms with van der Waals surface area (Å²) in [7, 11) is 1.55. The minimum atomic E-state index is -0.894. The number of nitrogens with zero attached hydrogens (tertiary/aromatic N) is 1. The van der Waals surface area contributed by atoms with Crippen LogP contribution in [0.15, 0.2) is 61.2 Å². The first kappa shape index (κ1) is 20.5. The minimum Gasteiger partial charge on any atom is -0.493 e. The molecule has 2 aromatic carbocycles. The summed E-state index contributed by atoms with van der Waals surface area (Å²) in [6.07, 6.45) is 2.51. The van der Waals surface area contributed by atoms with E-state index in [2.05, 4.69) is 6.58 Å². The van der Waals surface area contributed by atoms with Gasteiger partial charge in [0, 0.05) is 19.0 Å². The van der Waals surface area contributed by atoms with Gasteiger partial charge in [0.25, 0.3) is 5.91 Å². The molecule has 29 heavy (non-hydrogen) atoms. The molecule has 0 radical (unpaired) electrons. The van der Waals surface area contributed by atoms with Crippen LogP contribution in [0, 0.1) is 5.92 Å². The van der Waals surface area contributed by atoms with E-state index in [1.54, 1.807) is 24.2 Å². The fraction of sp³-hybridized carbons (Fsp3) is 0.304. The molecule has 1 N–H and O–H groups in total. The maximum atomic E-state index is 12.7. The van der Waals surface area contributed by atoms with Gasteiger partial charge in [-0.15, -0.1) is 6.58 Å². The summed E-state index contributed by atoms with van der Waals surface area (Å²) in [6, 6.07) is 15.0. The van der Waals surface area contributed by atoms with Crippen molar-refractivity contribution in [1.29, 1.82) is 0 Å². The maximum absolute atomic E-state index is 12.7. The number of methoxy groups -OCH3 is 1. The van der Waals surface area contributed by atoms with Crippen molar-refractivity contribution in [3.8, 4) is 11.5 Å². The predicted molar refractivity (Wildman–Crippen MR) is 109 cm³/mol. The molecule has 1 saturated heterocycles. The number of hydrogen-bond acceptors (Lipinski definition) is 4. The van der Waals surface area contributed by atoms with Crippen LogP contribution in [-0.2, 0) is 16.0 Å². The molecule has 2 unspecified atom stereocenters. The number of aliphatic carboxylic acids is 1. The van der Waals surface area contributed by atoms with Crippen molar-refractivity contribution in [2.45, 2.75) is 12.3 Å². The van der Waals surface area contributed by atoms with Crippen LogP contribution < -0.4 is 9.47 Å². The Bertz CT molecular complexity index is 880. The third-order valence-corrected chi connectivity index (χ3v) is 5.18. The highest BCUT2D eigenvalue weighted by Gasteiger charge is 2.40. The Balaban J connectivity index is 1.67. The van der Waals surface area contributed by atoms with Crippen LogP contribution in [0.3, 0.4) is 0 Å². The number of ether oxygens (including phenoxy) is 2. The summed E-state index contributed by atoms with van der Waals surface area (Å²) >= 11 is 0. The number of rotatable bonds is 8. The van der Waals surface area contributed by atoms with Crippen LogP contribution in [0.25, 0.3) is 0 Å². The molecule has 0 aliphatic carbocycles. The quantitative estimate of drug-likeness (QED) is 0.695. The SMILES string of the molecule is C=CCc1ccc(OCC(=O)N2CC(C(=O)O)C(c3ccccc3)C2)c(OC)c1. The molecule has 0 aromatic heterocycles. The molecule has 152 valence electrons. The number of carboxylic acids is 1. The highest BCUT2D eigenvalue weighted by Crippen LogP contribution is 2.33. The number of hydrogen-bond donors (Lipinski definition) is 1. The molecule has 3 rings (SSSR count). The number of carbonyl (C=O) groups excluding carboxylic acids is 1. The highest BCUT2D eigenvalue weighted by molar-refractivity contribution is 5.81. The number of allylic oxidation sites excluding steroid dienone is 1. The van der Waals surface area contributed by atoms with Gasteiger partial charge >= 0.3 is 5.97 Å². The lowest BCUT2D eigenvalue weighted by Crippen LogP contribution is -2.33. The van der Waals surface area contributed by atoms with Gasteiger partial charge in [-0.1, -0.05) is 42.5 Å². The van der Waals surface area contributed by atoms with Crippen LogP contribution in [0.2, 0.25) is 0 Å². The molecular formula is C23H25NO5. The van der Waals surface area contributed by atoms with Gasteiger partial charge in [-0.2, -0.15) is 0 Å². The first-order valence-electron chi connectivity index (χ1n) is 9.49. The fourth-order valence-corrected chi connectivity index (χ4v) is 3.65. The van der Waals surface area contributed by atoms with E-state index < -0.39 is 11.9 Å². The topological polar surface area (TPSA) is 76.1 Å². The Hall–Kier alpha value is -3.28. The van der Waals surface area contributed by atoms with E-state index in [0.29, 0.717) is 24.5 Å². The Morgan fingerprint density at radius 1 is 1.17 bits per heavy atom. The molecule has 2 atom stereocenters. The molecule has 1 amide bonds. The van der Waals surface area contributed by atoms with Crippen molar-refractivity contribution < 1.29 is 24.2 Å². The third-order valence-electron chi connectivity index (χ3n) is 5.18. The van der Waals surface area contributed by atoms with Crippen LogP contribution in [0.5, 0.6) is 11.5 Å². The zero-order valence-electron chi connectivity index (χ0n) is 16.4. The van der Waals surface area contributed by atoms with Crippen LogP contribution in [0.4, 0.5) is 0 Å². The monoisotopic (exact) mass is 395 g/mol. The lowest BCUT2D eigenvalue weighted by atomic mass is 9.89. The molecule has 6 heteroatoms. The Morgan fingerprint density at radius 3 is 2.59 bits per heavy atom. The summed E-state index contributed by atoms with van der Waals surface area (Å²) < 4.78 is 11.0. The van der Waals surface area contributed by atoms with Crippen molar-refractivity contribution in [3.05, 3.63) is 72.3 Å². The van der Waals surface area contributed by atoms with E-state index in [4.69, 9.17) is 9.47 Å². The van der Waals surface area contributed by atoms with Gasteiger partial charge in [-0.3, -0.25) is 9.59 Å². The largest absolute Gasteiger partial charge is 0.493 e. The zero-order valence-corrected chi connectivity index (χ0v) is 16.4. The van der Waals surface area contributed by atoms with Gasteiger partial charge in [0.1, 0.15) is 0 Å². The molecule has 0 bridgehead atoms. The van der Waals surface area contributed by atoms with E-state index in [0.717, 1.165) is 11.1 Å². The second-order valence-electron chi connectivity index (χ2n) is 7.03. The van der Waals surface area contributed by atoms with E-state index >= 15 is 0 Å². The normalized spacial score (nSPS) is 18.3. The van der Waals surface area contributed by atoms with Crippen LogP contribution in [-0.4, -0.2) is 48.7 Å². The summed E-state index contributed by atoms with van der Waals surface area (Å²) in [5.74, 6) is -0.979. The van der Waals surface area contributed by atoms with Crippen LogP contribution in [0.1, 0.15) is 17.0 Å². The molecule has 0 spiro atoms. The van der Waals surface area contributed by atoms with Gasteiger partial charge in [0.05, 0.1) is 13.0 Å². The number of likely N-dealkylation sites (tertiary alicyclic amines) is 1. The molecular weight excluding hydrogens is 370 g/mol. The minimum absolute atomic E-state index is 0.173. The van der Waals surface area contributed by atoms with Gasteiger partial charge in [0.2, 0.25) is 0 Å². The number of carbonyl (C=O) groups is 2. The molecule has 6 nitrogen and oxygen atoms in total. The lowest BCUT2D eigenvalue weighted by molar-refractivity contribution is -0.142. The number of benzene rings is 2. The van der Waals surface area contributed by atoms with E-state index in [1.165, 1.54) is 0 Å². The van der Waals surface area contributed by atoms with Crippen molar-refractivity contribution in [2.24, 2.45) is 5.92 Å². The summed E-state index contributed by atoms with van der Waals surface area (Å²) in [6.45, 7) is 4.08. The average molecular weight is 395 g/mol. The van der Waals surface area contributed by atoms with E-state index in [9.17, 15) is 14.7 Å². The third kappa shape index (κ3) is 4.77. The predicted octanol–water partition coefficient (Wildman–Crippen LogP) is 3.13.